The van der Waals surface area contributed by atoms with Crippen LogP contribution in [0.15, 0.2) is 24.3 Å². The molecule has 1 aliphatic heterocycles. The van der Waals surface area contributed by atoms with Gasteiger partial charge in [-0.2, -0.15) is 0 Å². The van der Waals surface area contributed by atoms with Gasteiger partial charge in [0.25, 0.3) is 5.91 Å². The van der Waals surface area contributed by atoms with Crippen molar-refractivity contribution in [3.8, 4) is 0 Å². The quantitative estimate of drug-likeness (QED) is 0.900. The Kier molecular flexibility index (Phi) is 4.34. The molecule has 0 bridgehead atoms. The molecule has 1 aliphatic carbocycles. The first-order valence-corrected chi connectivity index (χ1v) is 8.11. The number of anilines is 1. The lowest BCUT2D eigenvalue weighted by Gasteiger charge is -2.36. The monoisotopic (exact) mass is 306 g/mol. The number of carbonyl (C=O) groups excluding carboxylic acids is 1. The average Bonchev–Trinajstić information content (AvgIpc) is 2.96. The first-order valence-electron chi connectivity index (χ1n) is 8.11. The molecule has 4 nitrogen and oxygen atoms in total. The second kappa shape index (κ2) is 6.24. The van der Waals surface area contributed by atoms with E-state index in [2.05, 4.69) is 5.32 Å². The van der Waals surface area contributed by atoms with E-state index in [1.165, 1.54) is 6.07 Å². The highest BCUT2D eigenvalue weighted by atomic mass is 19.1. The number of rotatable bonds is 3. The molecule has 0 radical (unpaired) electrons. The van der Waals surface area contributed by atoms with Crippen LogP contribution in [0, 0.1) is 5.82 Å². The van der Waals surface area contributed by atoms with E-state index >= 15 is 0 Å². The number of carbonyl (C=O) groups is 1. The van der Waals surface area contributed by atoms with Crippen LogP contribution in [0.4, 0.5) is 10.1 Å². The molecule has 1 saturated carbocycles. The number of halogens is 1. The van der Waals surface area contributed by atoms with Gasteiger partial charge < -0.3 is 15.3 Å². The number of benzene rings is 1. The summed E-state index contributed by atoms with van der Waals surface area (Å²) in [6.07, 6.45) is 4.65. The van der Waals surface area contributed by atoms with Crippen molar-refractivity contribution >= 4 is 11.6 Å². The van der Waals surface area contributed by atoms with Crippen molar-refractivity contribution < 1.29 is 14.3 Å². The van der Waals surface area contributed by atoms with Crippen molar-refractivity contribution in [2.75, 3.05) is 18.0 Å². The van der Waals surface area contributed by atoms with Crippen LogP contribution in [0.3, 0.4) is 0 Å². The molecule has 22 heavy (non-hydrogen) atoms. The van der Waals surface area contributed by atoms with Crippen LogP contribution in [0.25, 0.3) is 0 Å². The summed E-state index contributed by atoms with van der Waals surface area (Å²) < 4.78 is 13.9. The van der Waals surface area contributed by atoms with E-state index in [-0.39, 0.29) is 17.8 Å². The summed E-state index contributed by atoms with van der Waals surface area (Å²) in [7, 11) is 0. The summed E-state index contributed by atoms with van der Waals surface area (Å²) in [5, 5.41) is 13.3. The predicted octanol–water partition coefficient (Wildman–Crippen LogP) is 2.22. The smallest absolute Gasteiger partial charge is 0.252 e. The maximum atomic E-state index is 13.9. The van der Waals surface area contributed by atoms with E-state index in [4.69, 9.17) is 0 Å². The summed E-state index contributed by atoms with van der Waals surface area (Å²) in [5.74, 6) is -0.491. The molecule has 0 spiro atoms. The van der Waals surface area contributed by atoms with Crippen LogP contribution in [0.2, 0.25) is 0 Å². The Balaban J connectivity index is 1.64. The highest BCUT2D eigenvalue weighted by Gasteiger charge is 2.40. The summed E-state index contributed by atoms with van der Waals surface area (Å²) in [4.78, 5) is 14.3. The fraction of sp³-hybridized carbons (Fsp3) is 0.588. The van der Waals surface area contributed by atoms with Crippen molar-refractivity contribution in [3.63, 3.8) is 0 Å². The number of hydrogen-bond acceptors (Lipinski definition) is 3. The Morgan fingerprint density at radius 3 is 2.73 bits per heavy atom. The molecule has 1 unspecified atom stereocenters. The molecule has 1 heterocycles. The number of aliphatic hydroxyl groups is 1. The minimum Gasteiger partial charge on any atom is -0.380 e. The molecule has 120 valence electrons. The maximum Gasteiger partial charge on any atom is 0.252 e. The van der Waals surface area contributed by atoms with Crippen molar-refractivity contribution in [2.45, 2.75) is 50.2 Å². The minimum atomic E-state index is -1.19. The Bertz CT molecular complexity index is 543. The van der Waals surface area contributed by atoms with Crippen molar-refractivity contribution in [1.29, 1.82) is 0 Å². The third-order valence-corrected chi connectivity index (χ3v) is 4.80. The molecular weight excluding hydrogens is 283 g/mol. The Morgan fingerprint density at radius 1 is 1.27 bits per heavy atom. The lowest BCUT2D eigenvalue weighted by atomic mass is 9.99. The minimum absolute atomic E-state index is 0.0366. The number of nitrogens with zero attached hydrogens (tertiary/aromatic N) is 1. The largest absolute Gasteiger partial charge is 0.380 e. The molecule has 3 rings (SSSR count). The molecule has 2 aliphatic rings. The van der Waals surface area contributed by atoms with E-state index in [1.54, 1.807) is 12.1 Å². The zero-order valence-electron chi connectivity index (χ0n) is 12.7. The van der Waals surface area contributed by atoms with Crippen molar-refractivity contribution in [1.82, 2.24) is 5.32 Å². The van der Waals surface area contributed by atoms with Crippen LogP contribution in [-0.2, 0) is 4.79 Å². The second-order valence-corrected chi connectivity index (χ2v) is 6.45. The van der Waals surface area contributed by atoms with Crippen molar-refractivity contribution in [3.05, 3.63) is 30.1 Å². The summed E-state index contributed by atoms with van der Waals surface area (Å²) in [6, 6.07) is 6.69. The molecule has 1 amide bonds. The highest BCUT2D eigenvalue weighted by Crippen LogP contribution is 2.30. The van der Waals surface area contributed by atoms with Crippen LogP contribution >= 0.6 is 0 Å². The van der Waals surface area contributed by atoms with Gasteiger partial charge in [0, 0.05) is 19.1 Å². The number of amides is 1. The Labute approximate surface area is 130 Å². The average molecular weight is 306 g/mol. The molecular formula is C17H23FN2O2. The number of para-hydroxylation sites is 1. The Hall–Kier alpha value is -1.62. The third-order valence-electron chi connectivity index (χ3n) is 4.80. The highest BCUT2D eigenvalue weighted by molar-refractivity contribution is 5.85. The Morgan fingerprint density at radius 2 is 2.00 bits per heavy atom. The van der Waals surface area contributed by atoms with E-state index in [1.807, 2.05) is 11.0 Å². The van der Waals surface area contributed by atoms with Crippen molar-refractivity contribution in [2.24, 2.45) is 0 Å². The molecule has 1 aromatic carbocycles. The first-order chi connectivity index (χ1) is 10.6. The number of nitrogens with one attached hydrogen (secondary N) is 1. The van der Waals surface area contributed by atoms with E-state index in [0.717, 1.165) is 32.2 Å². The lowest BCUT2D eigenvalue weighted by molar-refractivity contribution is -0.140. The van der Waals surface area contributed by atoms with Gasteiger partial charge >= 0.3 is 0 Å². The summed E-state index contributed by atoms with van der Waals surface area (Å²) in [5.41, 5.74) is -0.610. The standard InChI is InChI=1S/C17H23FN2O2/c18-14-7-1-2-8-15(14)20-11-5-6-13(12-20)19-16(21)17(22)9-3-4-10-17/h1-2,7-8,13,22H,3-6,9-12H2,(H,19,21). The van der Waals surface area contributed by atoms with Gasteiger partial charge in [0.15, 0.2) is 0 Å². The molecule has 2 N–H and O–H groups in total. The number of hydrogen-bond donors (Lipinski definition) is 2. The molecule has 1 atom stereocenters. The maximum absolute atomic E-state index is 13.9. The normalized spacial score (nSPS) is 24.3. The first kappa shape index (κ1) is 15.3. The zero-order chi connectivity index (χ0) is 15.6. The van der Waals surface area contributed by atoms with Gasteiger partial charge in [-0.25, -0.2) is 4.39 Å². The topological polar surface area (TPSA) is 52.6 Å². The SMILES string of the molecule is O=C(NC1CCCN(c2ccccc2F)C1)C1(O)CCCC1. The molecule has 5 heteroatoms. The van der Waals surface area contributed by atoms with E-state index in [0.29, 0.717) is 25.1 Å². The van der Waals surface area contributed by atoms with E-state index in [9.17, 15) is 14.3 Å². The number of piperidine rings is 1. The van der Waals surface area contributed by atoms with Gasteiger partial charge in [-0.1, -0.05) is 12.1 Å². The van der Waals surface area contributed by atoms with E-state index < -0.39 is 5.60 Å². The van der Waals surface area contributed by atoms with Crippen LogP contribution < -0.4 is 10.2 Å². The van der Waals surface area contributed by atoms with Gasteiger partial charge in [-0.15, -0.1) is 0 Å². The van der Waals surface area contributed by atoms with Gasteiger partial charge in [-0.05, 0) is 50.7 Å². The predicted molar refractivity (Wildman–Crippen MR) is 83.2 cm³/mol. The lowest BCUT2D eigenvalue weighted by Crippen LogP contribution is -2.54. The van der Waals surface area contributed by atoms with Gasteiger partial charge in [-0.3, -0.25) is 4.79 Å². The summed E-state index contributed by atoms with van der Waals surface area (Å²) in [6.45, 7) is 1.38. The summed E-state index contributed by atoms with van der Waals surface area (Å²) >= 11 is 0. The molecule has 1 saturated heterocycles. The van der Waals surface area contributed by atoms with Gasteiger partial charge in [0.05, 0.1) is 5.69 Å². The van der Waals surface area contributed by atoms with Gasteiger partial charge in [0.1, 0.15) is 11.4 Å². The van der Waals surface area contributed by atoms with Crippen LogP contribution in [0.5, 0.6) is 0 Å². The van der Waals surface area contributed by atoms with Crippen LogP contribution in [-0.4, -0.2) is 35.7 Å². The third kappa shape index (κ3) is 3.09. The molecule has 1 aromatic rings. The second-order valence-electron chi connectivity index (χ2n) is 6.45. The zero-order valence-corrected chi connectivity index (χ0v) is 12.7. The molecule has 2 fully saturated rings. The van der Waals surface area contributed by atoms with Gasteiger partial charge in [0.2, 0.25) is 0 Å². The van der Waals surface area contributed by atoms with Crippen LogP contribution in [0.1, 0.15) is 38.5 Å². The fourth-order valence-corrected chi connectivity index (χ4v) is 3.53. The molecule has 0 aromatic heterocycles. The fourth-order valence-electron chi connectivity index (χ4n) is 3.53.